The summed E-state index contributed by atoms with van der Waals surface area (Å²) < 4.78 is 5.32. The SMILES string of the molecule is O=C1CCC(N2Cc3ccc(CNC(=O)OCC4CC5(CC5)C4)cc3C2=O)C(=O)N1. The Balaban J connectivity index is 1.14. The third kappa shape index (κ3) is 3.55. The van der Waals surface area contributed by atoms with Crippen LogP contribution >= 0.6 is 0 Å². The molecule has 8 nitrogen and oxygen atoms in total. The van der Waals surface area contributed by atoms with Gasteiger partial charge in [-0.1, -0.05) is 12.1 Å². The van der Waals surface area contributed by atoms with E-state index in [1.165, 1.54) is 30.6 Å². The lowest BCUT2D eigenvalue weighted by atomic mass is 9.72. The molecule has 1 saturated heterocycles. The van der Waals surface area contributed by atoms with Crippen LogP contribution in [0.3, 0.4) is 0 Å². The molecule has 2 aliphatic carbocycles. The highest BCUT2D eigenvalue weighted by atomic mass is 16.5. The van der Waals surface area contributed by atoms with Crippen molar-refractivity contribution in [3.05, 3.63) is 34.9 Å². The topological polar surface area (TPSA) is 105 Å². The number of rotatable bonds is 5. The molecule has 5 rings (SSSR count). The van der Waals surface area contributed by atoms with E-state index in [4.69, 9.17) is 4.74 Å². The minimum Gasteiger partial charge on any atom is -0.449 e. The first-order valence-corrected chi connectivity index (χ1v) is 10.6. The molecule has 0 aromatic heterocycles. The number of fused-ring (bicyclic) bond motifs is 1. The van der Waals surface area contributed by atoms with E-state index in [1.807, 2.05) is 12.1 Å². The van der Waals surface area contributed by atoms with Crippen molar-refractivity contribution >= 4 is 23.8 Å². The molecule has 158 valence electrons. The Morgan fingerprint density at radius 3 is 2.77 bits per heavy atom. The van der Waals surface area contributed by atoms with Crippen molar-refractivity contribution in [3.63, 3.8) is 0 Å². The number of nitrogens with one attached hydrogen (secondary N) is 2. The summed E-state index contributed by atoms with van der Waals surface area (Å²) in [6.07, 6.45) is 5.14. The van der Waals surface area contributed by atoms with Crippen molar-refractivity contribution in [2.75, 3.05) is 6.61 Å². The van der Waals surface area contributed by atoms with Crippen molar-refractivity contribution in [3.8, 4) is 0 Å². The normalized spacial score (nSPS) is 24.3. The Morgan fingerprint density at radius 1 is 1.23 bits per heavy atom. The zero-order valence-corrected chi connectivity index (χ0v) is 16.7. The van der Waals surface area contributed by atoms with Crippen molar-refractivity contribution < 1.29 is 23.9 Å². The van der Waals surface area contributed by atoms with E-state index in [2.05, 4.69) is 10.6 Å². The molecule has 1 aromatic carbocycles. The predicted octanol–water partition coefficient (Wildman–Crippen LogP) is 1.86. The summed E-state index contributed by atoms with van der Waals surface area (Å²) in [5.74, 6) is -0.446. The second kappa shape index (κ2) is 7.11. The average Bonchev–Trinajstić information content (AvgIpc) is 3.43. The molecule has 2 heterocycles. The number of piperidine rings is 1. The van der Waals surface area contributed by atoms with E-state index in [9.17, 15) is 19.2 Å². The van der Waals surface area contributed by atoms with Crippen molar-refractivity contribution in [1.82, 2.24) is 15.5 Å². The molecular weight excluding hydrogens is 386 g/mol. The minimum atomic E-state index is -0.625. The van der Waals surface area contributed by atoms with Gasteiger partial charge < -0.3 is 15.0 Å². The fourth-order valence-electron chi connectivity index (χ4n) is 5.00. The Labute approximate surface area is 174 Å². The lowest BCUT2D eigenvalue weighted by Crippen LogP contribution is -2.52. The maximum absolute atomic E-state index is 12.8. The van der Waals surface area contributed by atoms with Crippen LogP contribution in [0, 0.1) is 11.3 Å². The minimum absolute atomic E-state index is 0.220. The van der Waals surface area contributed by atoms with E-state index in [-0.39, 0.29) is 24.8 Å². The summed E-state index contributed by atoms with van der Waals surface area (Å²) in [7, 11) is 0. The first kappa shape index (κ1) is 19.1. The molecule has 4 aliphatic rings. The molecule has 30 heavy (non-hydrogen) atoms. The van der Waals surface area contributed by atoms with E-state index in [0.717, 1.165) is 11.1 Å². The monoisotopic (exact) mass is 411 g/mol. The quantitative estimate of drug-likeness (QED) is 0.720. The van der Waals surface area contributed by atoms with E-state index < -0.39 is 18.0 Å². The Kier molecular flexibility index (Phi) is 4.52. The second-order valence-corrected chi connectivity index (χ2v) is 9.12. The van der Waals surface area contributed by atoms with Gasteiger partial charge in [0.15, 0.2) is 0 Å². The van der Waals surface area contributed by atoms with Crippen LogP contribution in [-0.2, 0) is 27.4 Å². The van der Waals surface area contributed by atoms with Crippen LogP contribution in [0.15, 0.2) is 18.2 Å². The van der Waals surface area contributed by atoms with Crippen molar-refractivity contribution in [1.29, 1.82) is 0 Å². The average molecular weight is 411 g/mol. The lowest BCUT2D eigenvalue weighted by molar-refractivity contribution is -0.136. The number of carbonyl (C=O) groups excluding carboxylic acids is 4. The molecule has 2 saturated carbocycles. The van der Waals surface area contributed by atoms with Gasteiger partial charge in [0.05, 0.1) is 6.61 Å². The van der Waals surface area contributed by atoms with Gasteiger partial charge in [-0.25, -0.2) is 4.79 Å². The molecule has 1 atom stereocenters. The van der Waals surface area contributed by atoms with Crippen molar-refractivity contribution in [2.24, 2.45) is 11.3 Å². The van der Waals surface area contributed by atoms with Crippen LogP contribution in [-0.4, -0.2) is 41.4 Å². The molecule has 0 radical (unpaired) electrons. The number of imide groups is 1. The summed E-state index contributed by atoms with van der Waals surface area (Å²) in [5, 5.41) is 5.04. The van der Waals surface area contributed by atoms with Gasteiger partial charge >= 0.3 is 6.09 Å². The van der Waals surface area contributed by atoms with Crippen LogP contribution in [0.25, 0.3) is 0 Å². The van der Waals surface area contributed by atoms with Crippen LogP contribution in [0.4, 0.5) is 4.79 Å². The molecule has 2 aliphatic heterocycles. The number of nitrogens with zero attached hydrogens (tertiary/aromatic N) is 1. The maximum Gasteiger partial charge on any atom is 0.407 e. The zero-order chi connectivity index (χ0) is 20.9. The Hall–Kier alpha value is -2.90. The molecule has 8 heteroatoms. The number of amides is 4. The third-order valence-corrected chi connectivity index (χ3v) is 6.88. The van der Waals surface area contributed by atoms with Crippen LogP contribution in [0.2, 0.25) is 0 Å². The summed E-state index contributed by atoms with van der Waals surface area (Å²) in [5.41, 5.74) is 2.78. The highest BCUT2D eigenvalue weighted by molar-refractivity contribution is 6.05. The zero-order valence-electron chi connectivity index (χ0n) is 16.7. The Bertz CT molecular complexity index is 931. The number of carbonyl (C=O) groups is 4. The Morgan fingerprint density at radius 2 is 2.03 bits per heavy atom. The highest BCUT2D eigenvalue weighted by Gasteiger charge is 2.52. The number of benzene rings is 1. The fourth-order valence-corrected chi connectivity index (χ4v) is 5.00. The van der Waals surface area contributed by atoms with Crippen LogP contribution in [0.5, 0.6) is 0 Å². The lowest BCUT2D eigenvalue weighted by Gasteiger charge is -2.35. The number of hydrogen-bond donors (Lipinski definition) is 2. The van der Waals surface area contributed by atoms with Gasteiger partial charge in [0.25, 0.3) is 5.91 Å². The molecule has 1 unspecified atom stereocenters. The van der Waals surface area contributed by atoms with Crippen LogP contribution < -0.4 is 10.6 Å². The largest absolute Gasteiger partial charge is 0.449 e. The summed E-state index contributed by atoms with van der Waals surface area (Å²) in [4.78, 5) is 49.8. The second-order valence-electron chi connectivity index (χ2n) is 9.12. The van der Waals surface area contributed by atoms with Gasteiger partial charge in [0, 0.05) is 25.1 Å². The fraction of sp³-hybridized carbons (Fsp3) is 0.545. The maximum atomic E-state index is 12.8. The molecule has 4 amide bonds. The van der Waals surface area contributed by atoms with Gasteiger partial charge in [-0.15, -0.1) is 0 Å². The van der Waals surface area contributed by atoms with Gasteiger partial charge in [0.1, 0.15) is 6.04 Å². The molecule has 2 N–H and O–H groups in total. The smallest absolute Gasteiger partial charge is 0.407 e. The third-order valence-electron chi connectivity index (χ3n) is 6.88. The number of alkyl carbamates (subject to hydrolysis) is 1. The number of ether oxygens (including phenoxy) is 1. The van der Waals surface area contributed by atoms with E-state index >= 15 is 0 Å². The summed E-state index contributed by atoms with van der Waals surface area (Å²) in [6, 6.07) is 4.85. The standard InChI is InChI=1S/C22H25N3O5/c26-18-4-3-17(19(27)24-18)25-11-15-2-1-13(7-16(15)20(25)28)10-23-21(29)30-12-14-8-22(9-14)5-6-22/h1-2,7,14,17H,3-6,8-12H2,(H,23,29)(H,24,26,27). The molecular formula is C22H25N3O5. The summed E-state index contributed by atoms with van der Waals surface area (Å²) >= 11 is 0. The molecule has 3 fully saturated rings. The molecule has 1 aromatic rings. The van der Waals surface area contributed by atoms with Gasteiger partial charge in [-0.2, -0.15) is 0 Å². The first-order chi connectivity index (χ1) is 14.4. The van der Waals surface area contributed by atoms with E-state index in [1.54, 1.807) is 6.07 Å². The van der Waals surface area contributed by atoms with Crippen molar-refractivity contribution in [2.45, 2.75) is 57.7 Å². The van der Waals surface area contributed by atoms with Crippen LogP contribution in [0.1, 0.15) is 60.0 Å². The predicted molar refractivity (Wildman–Crippen MR) is 105 cm³/mol. The summed E-state index contributed by atoms with van der Waals surface area (Å²) in [6.45, 7) is 1.09. The highest BCUT2D eigenvalue weighted by Crippen LogP contribution is 2.63. The van der Waals surface area contributed by atoms with E-state index in [0.29, 0.717) is 36.5 Å². The van der Waals surface area contributed by atoms with Gasteiger partial charge in [0.2, 0.25) is 11.8 Å². The first-order valence-electron chi connectivity index (χ1n) is 10.6. The molecule has 0 bridgehead atoms. The molecule has 1 spiro atoms. The van der Waals surface area contributed by atoms with Gasteiger partial charge in [-0.3, -0.25) is 19.7 Å². The van der Waals surface area contributed by atoms with Gasteiger partial charge in [-0.05, 0) is 60.6 Å². The number of hydrogen-bond acceptors (Lipinski definition) is 5.